The summed E-state index contributed by atoms with van der Waals surface area (Å²) in [6, 6.07) is 0. The molecule has 0 spiro atoms. The number of aryl methyl sites for hydroxylation is 3. The SMILES string of the molecule is CCc1nc2sc(C)c(C)c2c(C2CC2)c1C(=O)OC.Cl. The van der Waals surface area contributed by atoms with E-state index in [0.717, 1.165) is 22.5 Å². The van der Waals surface area contributed by atoms with Gasteiger partial charge in [0, 0.05) is 10.3 Å². The monoisotopic (exact) mass is 325 g/mol. The van der Waals surface area contributed by atoms with Gasteiger partial charge >= 0.3 is 5.97 Å². The molecule has 0 aliphatic heterocycles. The van der Waals surface area contributed by atoms with E-state index in [0.29, 0.717) is 5.92 Å². The van der Waals surface area contributed by atoms with Crippen molar-refractivity contribution in [2.24, 2.45) is 0 Å². The van der Waals surface area contributed by atoms with Crippen LogP contribution in [0.1, 0.15) is 57.7 Å². The molecular weight excluding hydrogens is 306 g/mol. The molecule has 0 N–H and O–H groups in total. The van der Waals surface area contributed by atoms with Gasteiger partial charge < -0.3 is 4.74 Å². The quantitative estimate of drug-likeness (QED) is 0.776. The lowest BCUT2D eigenvalue weighted by Gasteiger charge is -2.13. The summed E-state index contributed by atoms with van der Waals surface area (Å²) in [5, 5.41) is 1.20. The highest BCUT2D eigenvalue weighted by molar-refractivity contribution is 7.18. The van der Waals surface area contributed by atoms with Gasteiger partial charge in [0.05, 0.1) is 18.4 Å². The first-order valence-electron chi connectivity index (χ1n) is 7.09. The Labute approximate surface area is 135 Å². The van der Waals surface area contributed by atoms with Crippen LogP contribution in [0, 0.1) is 13.8 Å². The Hall–Kier alpha value is -1.13. The fourth-order valence-electron chi connectivity index (χ4n) is 2.83. The molecule has 21 heavy (non-hydrogen) atoms. The summed E-state index contributed by atoms with van der Waals surface area (Å²) in [5.74, 6) is 0.272. The van der Waals surface area contributed by atoms with Gasteiger partial charge in [-0.05, 0) is 50.2 Å². The van der Waals surface area contributed by atoms with Crippen LogP contribution in [-0.2, 0) is 11.2 Å². The summed E-state index contributed by atoms with van der Waals surface area (Å²) in [5.41, 5.74) is 4.08. The smallest absolute Gasteiger partial charge is 0.340 e. The van der Waals surface area contributed by atoms with Crippen molar-refractivity contribution >= 4 is 39.9 Å². The summed E-state index contributed by atoms with van der Waals surface area (Å²) in [4.78, 5) is 19.3. The molecule has 0 amide bonds. The topological polar surface area (TPSA) is 39.2 Å². The molecule has 1 aliphatic rings. The van der Waals surface area contributed by atoms with Crippen molar-refractivity contribution in [1.82, 2.24) is 4.98 Å². The largest absolute Gasteiger partial charge is 0.465 e. The van der Waals surface area contributed by atoms with E-state index in [4.69, 9.17) is 9.72 Å². The van der Waals surface area contributed by atoms with E-state index in [-0.39, 0.29) is 18.4 Å². The third-order valence-corrected chi connectivity index (χ3v) is 5.24. The number of aromatic nitrogens is 1. The van der Waals surface area contributed by atoms with Crippen molar-refractivity contribution < 1.29 is 9.53 Å². The van der Waals surface area contributed by atoms with Crippen LogP contribution >= 0.6 is 23.7 Å². The van der Waals surface area contributed by atoms with Crippen molar-refractivity contribution in [1.29, 1.82) is 0 Å². The first kappa shape index (κ1) is 16.2. The van der Waals surface area contributed by atoms with E-state index in [1.807, 2.05) is 6.92 Å². The van der Waals surface area contributed by atoms with Crippen molar-refractivity contribution in [3.8, 4) is 0 Å². The number of carbonyl (C=O) groups excluding carboxylic acids is 1. The summed E-state index contributed by atoms with van der Waals surface area (Å²) in [6.07, 6.45) is 3.09. The van der Waals surface area contributed by atoms with E-state index in [2.05, 4.69) is 13.8 Å². The number of nitrogens with zero attached hydrogens (tertiary/aromatic N) is 1. The molecule has 2 aromatic heterocycles. The average molecular weight is 326 g/mol. The molecule has 3 rings (SSSR count). The van der Waals surface area contributed by atoms with E-state index in [1.165, 1.54) is 41.3 Å². The molecule has 0 unspecified atom stereocenters. The zero-order valence-corrected chi connectivity index (χ0v) is 14.4. The fourth-order valence-corrected chi connectivity index (χ4v) is 3.90. The highest BCUT2D eigenvalue weighted by Gasteiger charge is 2.34. The minimum atomic E-state index is -0.235. The Bertz CT molecular complexity index is 704. The number of rotatable bonds is 3. The van der Waals surface area contributed by atoms with Crippen LogP contribution in [0.3, 0.4) is 0 Å². The van der Waals surface area contributed by atoms with Gasteiger partial charge in [0.1, 0.15) is 4.83 Å². The van der Waals surface area contributed by atoms with Gasteiger partial charge in [-0.3, -0.25) is 0 Å². The van der Waals surface area contributed by atoms with Crippen molar-refractivity contribution in [2.75, 3.05) is 7.11 Å². The zero-order valence-electron chi connectivity index (χ0n) is 12.8. The van der Waals surface area contributed by atoms with Gasteiger partial charge in [-0.25, -0.2) is 9.78 Å². The molecule has 1 aliphatic carbocycles. The highest BCUT2D eigenvalue weighted by atomic mass is 35.5. The Kier molecular flexibility index (Phi) is 4.59. The molecule has 2 aromatic rings. The second kappa shape index (κ2) is 5.93. The first-order chi connectivity index (χ1) is 9.58. The maximum absolute atomic E-state index is 12.2. The number of halogens is 1. The Morgan fingerprint density at radius 1 is 1.38 bits per heavy atom. The van der Waals surface area contributed by atoms with Gasteiger partial charge in [-0.2, -0.15) is 0 Å². The van der Waals surface area contributed by atoms with Crippen LogP contribution in [0.4, 0.5) is 0 Å². The number of hydrogen-bond acceptors (Lipinski definition) is 4. The first-order valence-corrected chi connectivity index (χ1v) is 7.90. The number of thiophene rings is 1. The second-order valence-corrected chi connectivity index (χ2v) is 6.63. The number of carbonyl (C=O) groups is 1. The normalized spacial score (nSPS) is 14.1. The molecule has 0 atom stereocenters. The number of pyridine rings is 1. The second-order valence-electron chi connectivity index (χ2n) is 5.43. The fraction of sp³-hybridized carbons (Fsp3) is 0.500. The van der Waals surface area contributed by atoms with Crippen LogP contribution in [0.25, 0.3) is 10.2 Å². The van der Waals surface area contributed by atoms with Crippen LogP contribution in [0.2, 0.25) is 0 Å². The van der Waals surface area contributed by atoms with Crippen LogP contribution in [0.5, 0.6) is 0 Å². The molecule has 1 saturated carbocycles. The van der Waals surface area contributed by atoms with Crippen molar-refractivity contribution in [3.05, 3.63) is 27.3 Å². The van der Waals surface area contributed by atoms with Gasteiger partial charge in [0.2, 0.25) is 0 Å². The van der Waals surface area contributed by atoms with E-state index in [1.54, 1.807) is 11.3 Å². The number of ether oxygens (including phenoxy) is 1. The summed E-state index contributed by atoms with van der Waals surface area (Å²) >= 11 is 1.73. The summed E-state index contributed by atoms with van der Waals surface area (Å²) in [6.45, 7) is 6.31. The Morgan fingerprint density at radius 2 is 2.05 bits per heavy atom. The lowest BCUT2D eigenvalue weighted by atomic mass is 9.95. The van der Waals surface area contributed by atoms with Crippen LogP contribution < -0.4 is 0 Å². The molecule has 3 nitrogen and oxygen atoms in total. The lowest BCUT2D eigenvalue weighted by molar-refractivity contribution is 0.0598. The minimum Gasteiger partial charge on any atom is -0.465 e. The Balaban J connectivity index is 0.00000161. The molecule has 5 heteroatoms. The molecule has 0 radical (unpaired) electrons. The third-order valence-electron chi connectivity index (χ3n) is 4.14. The lowest BCUT2D eigenvalue weighted by Crippen LogP contribution is -2.11. The number of fused-ring (bicyclic) bond motifs is 1. The molecule has 2 heterocycles. The van der Waals surface area contributed by atoms with Gasteiger partial charge in [-0.15, -0.1) is 23.7 Å². The van der Waals surface area contributed by atoms with Crippen LogP contribution in [0.15, 0.2) is 0 Å². The standard InChI is InChI=1S/C16H19NO2S.ClH/c1-5-11-14(16(18)19-4)13(10-6-7-10)12-8(2)9(3)20-15(12)17-11;/h10H,5-7H2,1-4H3;1H. The average Bonchev–Trinajstić information content (AvgIpc) is 3.24. The summed E-state index contributed by atoms with van der Waals surface area (Å²) < 4.78 is 5.02. The molecule has 114 valence electrons. The van der Waals surface area contributed by atoms with Gasteiger partial charge in [-0.1, -0.05) is 6.92 Å². The Morgan fingerprint density at radius 3 is 2.57 bits per heavy atom. The zero-order chi connectivity index (χ0) is 14.4. The van der Waals surface area contributed by atoms with Gasteiger partial charge in [0.15, 0.2) is 0 Å². The molecule has 1 fully saturated rings. The molecule has 0 saturated heterocycles. The van der Waals surface area contributed by atoms with E-state index in [9.17, 15) is 4.79 Å². The van der Waals surface area contributed by atoms with E-state index < -0.39 is 0 Å². The minimum absolute atomic E-state index is 0. The van der Waals surface area contributed by atoms with Crippen molar-refractivity contribution in [2.45, 2.75) is 46.0 Å². The molecule has 0 bridgehead atoms. The summed E-state index contributed by atoms with van der Waals surface area (Å²) in [7, 11) is 1.45. The number of methoxy groups -OCH3 is 1. The maximum Gasteiger partial charge on any atom is 0.340 e. The van der Waals surface area contributed by atoms with Gasteiger partial charge in [0.25, 0.3) is 0 Å². The highest BCUT2D eigenvalue weighted by Crippen LogP contribution is 2.48. The predicted octanol–water partition coefficient (Wildman–Crippen LogP) is 4.56. The third kappa shape index (κ3) is 2.55. The number of hydrogen-bond donors (Lipinski definition) is 0. The van der Waals surface area contributed by atoms with E-state index >= 15 is 0 Å². The number of esters is 1. The molecule has 0 aromatic carbocycles. The maximum atomic E-state index is 12.2. The van der Waals surface area contributed by atoms with Crippen LogP contribution in [-0.4, -0.2) is 18.1 Å². The molecular formula is C16H20ClNO2S. The van der Waals surface area contributed by atoms with Crippen molar-refractivity contribution in [3.63, 3.8) is 0 Å². The predicted molar refractivity (Wildman–Crippen MR) is 89.0 cm³/mol.